The Morgan fingerprint density at radius 2 is 1.75 bits per heavy atom. The summed E-state index contributed by atoms with van der Waals surface area (Å²) in [7, 11) is 0. The summed E-state index contributed by atoms with van der Waals surface area (Å²) in [5.74, 6) is 1.07. The molecule has 1 aliphatic rings. The molecule has 0 aromatic heterocycles. The van der Waals surface area contributed by atoms with Gasteiger partial charge >= 0.3 is 0 Å². The van der Waals surface area contributed by atoms with Gasteiger partial charge in [-0.2, -0.15) is 0 Å². The number of aliphatic hydroxyl groups is 1. The third-order valence-corrected chi connectivity index (χ3v) is 3.76. The summed E-state index contributed by atoms with van der Waals surface area (Å²) in [5, 5.41) is 11.4. The summed E-state index contributed by atoms with van der Waals surface area (Å²) in [4.78, 5) is 0. The van der Waals surface area contributed by atoms with Gasteiger partial charge in [-0.25, -0.2) is 0 Å². The van der Waals surface area contributed by atoms with E-state index in [-0.39, 0.29) is 0 Å². The van der Waals surface area contributed by atoms with E-state index in [0.717, 1.165) is 0 Å². The average molecular weight is 311 g/mol. The molecule has 1 N–H and O–H groups in total. The van der Waals surface area contributed by atoms with E-state index in [0.29, 0.717) is 45.9 Å². The summed E-state index contributed by atoms with van der Waals surface area (Å²) in [5.41, 5.74) is 1.24. The number of benzene rings is 2. The Morgan fingerprint density at radius 1 is 1.00 bits per heavy atom. The van der Waals surface area contributed by atoms with Crippen LogP contribution in [0.2, 0.25) is 10.0 Å². The molecule has 1 unspecified atom stereocenters. The Hall–Kier alpha value is -1.42. The molecule has 0 saturated heterocycles. The second-order valence-corrected chi connectivity index (χ2v) is 5.27. The lowest BCUT2D eigenvalue weighted by Gasteiger charge is -2.22. The normalized spacial score (nSPS) is 14.9. The summed E-state index contributed by atoms with van der Waals surface area (Å²) < 4.78 is 11.0. The molecule has 1 heterocycles. The van der Waals surface area contributed by atoms with Crippen molar-refractivity contribution in [3.63, 3.8) is 0 Å². The highest BCUT2D eigenvalue weighted by Crippen LogP contribution is 2.41. The highest BCUT2D eigenvalue weighted by atomic mass is 35.5. The Bertz CT molecular complexity index is 643. The number of aliphatic hydroxyl groups excluding tert-OH is 1. The van der Waals surface area contributed by atoms with Crippen molar-refractivity contribution in [2.45, 2.75) is 6.10 Å². The molecule has 0 fully saturated rings. The van der Waals surface area contributed by atoms with Gasteiger partial charge in [0.1, 0.15) is 19.3 Å². The first-order valence-corrected chi connectivity index (χ1v) is 6.94. The van der Waals surface area contributed by atoms with Gasteiger partial charge in [0.2, 0.25) is 0 Å². The van der Waals surface area contributed by atoms with E-state index in [9.17, 15) is 5.11 Å². The van der Waals surface area contributed by atoms with Crippen LogP contribution in [0.1, 0.15) is 17.2 Å². The van der Waals surface area contributed by atoms with Crippen molar-refractivity contribution in [3.8, 4) is 11.5 Å². The zero-order chi connectivity index (χ0) is 14.1. The van der Waals surface area contributed by atoms with Crippen LogP contribution >= 0.6 is 23.2 Å². The van der Waals surface area contributed by atoms with Crippen molar-refractivity contribution in [3.05, 3.63) is 57.6 Å². The van der Waals surface area contributed by atoms with E-state index < -0.39 is 6.10 Å². The molecule has 20 heavy (non-hydrogen) atoms. The van der Waals surface area contributed by atoms with E-state index in [4.69, 9.17) is 32.7 Å². The van der Waals surface area contributed by atoms with Crippen molar-refractivity contribution in [2.24, 2.45) is 0 Å². The first-order valence-electron chi connectivity index (χ1n) is 6.18. The molecule has 5 heteroatoms. The Balaban J connectivity index is 2.02. The van der Waals surface area contributed by atoms with Crippen molar-refractivity contribution in [2.75, 3.05) is 13.2 Å². The largest absolute Gasteiger partial charge is 0.486 e. The van der Waals surface area contributed by atoms with Crippen molar-refractivity contribution in [1.29, 1.82) is 0 Å². The maximum absolute atomic E-state index is 10.5. The fourth-order valence-electron chi connectivity index (χ4n) is 2.17. The van der Waals surface area contributed by atoms with Crippen molar-refractivity contribution < 1.29 is 14.6 Å². The predicted octanol–water partition coefficient (Wildman–Crippen LogP) is 3.85. The zero-order valence-electron chi connectivity index (χ0n) is 10.5. The topological polar surface area (TPSA) is 38.7 Å². The SMILES string of the molecule is OC(c1cc(Cl)c2c(c1)OCCO2)c1ccccc1Cl. The van der Waals surface area contributed by atoms with Gasteiger partial charge in [0, 0.05) is 10.6 Å². The third-order valence-electron chi connectivity index (χ3n) is 3.13. The smallest absolute Gasteiger partial charge is 0.179 e. The van der Waals surface area contributed by atoms with Crippen LogP contribution in [-0.4, -0.2) is 18.3 Å². The van der Waals surface area contributed by atoms with Crippen LogP contribution in [0.4, 0.5) is 0 Å². The van der Waals surface area contributed by atoms with Crippen LogP contribution in [0.5, 0.6) is 11.5 Å². The lowest BCUT2D eigenvalue weighted by atomic mass is 10.0. The fourth-order valence-corrected chi connectivity index (χ4v) is 2.68. The maximum Gasteiger partial charge on any atom is 0.179 e. The average Bonchev–Trinajstić information content (AvgIpc) is 2.47. The molecule has 0 amide bonds. The number of hydrogen-bond acceptors (Lipinski definition) is 3. The summed E-state index contributed by atoms with van der Waals surface area (Å²) in [6.07, 6.45) is -0.864. The minimum absolute atomic E-state index is 0.420. The van der Waals surface area contributed by atoms with Gasteiger partial charge in [-0.1, -0.05) is 41.4 Å². The molecule has 3 rings (SSSR count). The molecule has 104 valence electrons. The molecule has 0 saturated carbocycles. The third kappa shape index (κ3) is 2.44. The van der Waals surface area contributed by atoms with Gasteiger partial charge in [0.05, 0.1) is 5.02 Å². The Morgan fingerprint density at radius 3 is 2.55 bits per heavy atom. The highest BCUT2D eigenvalue weighted by molar-refractivity contribution is 6.32. The van der Waals surface area contributed by atoms with Gasteiger partial charge in [0.25, 0.3) is 0 Å². The van der Waals surface area contributed by atoms with E-state index in [1.54, 1.807) is 24.3 Å². The van der Waals surface area contributed by atoms with E-state index in [1.165, 1.54) is 0 Å². The monoisotopic (exact) mass is 310 g/mol. The molecular weight excluding hydrogens is 299 g/mol. The van der Waals surface area contributed by atoms with Crippen LogP contribution < -0.4 is 9.47 Å². The highest BCUT2D eigenvalue weighted by Gasteiger charge is 2.21. The first-order chi connectivity index (χ1) is 9.66. The molecule has 0 radical (unpaired) electrons. The first kappa shape index (κ1) is 13.6. The number of ether oxygens (including phenoxy) is 2. The molecule has 2 aromatic carbocycles. The Kier molecular flexibility index (Phi) is 3.74. The quantitative estimate of drug-likeness (QED) is 0.915. The number of rotatable bonds is 2. The van der Waals surface area contributed by atoms with Gasteiger partial charge in [-0.15, -0.1) is 0 Å². The van der Waals surface area contributed by atoms with Crippen LogP contribution in [0.15, 0.2) is 36.4 Å². The maximum atomic E-state index is 10.5. The van der Waals surface area contributed by atoms with Crippen LogP contribution in [0.3, 0.4) is 0 Å². The van der Waals surface area contributed by atoms with Crippen LogP contribution in [0.25, 0.3) is 0 Å². The molecule has 1 atom stereocenters. The zero-order valence-corrected chi connectivity index (χ0v) is 12.0. The molecule has 1 aliphatic heterocycles. The van der Waals surface area contributed by atoms with Crippen molar-refractivity contribution >= 4 is 23.2 Å². The lowest BCUT2D eigenvalue weighted by molar-refractivity contribution is 0.170. The van der Waals surface area contributed by atoms with Crippen molar-refractivity contribution in [1.82, 2.24) is 0 Å². The second-order valence-electron chi connectivity index (χ2n) is 4.45. The minimum atomic E-state index is -0.864. The lowest BCUT2D eigenvalue weighted by Crippen LogP contribution is -2.16. The number of hydrogen-bond donors (Lipinski definition) is 1. The molecule has 3 nitrogen and oxygen atoms in total. The van der Waals surface area contributed by atoms with Crippen LogP contribution in [0, 0.1) is 0 Å². The van der Waals surface area contributed by atoms with E-state index in [1.807, 2.05) is 12.1 Å². The predicted molar refractivity (Wildman–Crippen MR) is 78.0 cm³/mol. The van der Waals surface area contributed by atoms with Gasteiger partial charge in [0.15, 0.2) is 11.5 Å². The molecule has 2 aromatic rings. The molecule has 0 aliphatic carbocycles. The number of fused-ring (bicyclic) bond motifs is 1. The standard InChI is InChI=1S/C15H12Cl2O3/c16-11-4-2-1-3-10(11)14(18)9-7-12(17)15-13(8-9)19-5-6-20-15/h1-4,7-8,14,18H,5-6H2. The summed E-state index contributed by atoms with van der Waals surface area (Å²) in [6.45, 7) is 0.939. The molecular formula is C15H12Cl2O3. The summed E-state index contributed by atoms with van der Waals surface area (Å²) in [6, 6.07) is 10.5. The Labute approximate surface area is 126 Å². The number of halogens is 2. The fraction of sp³-hybridized carbons (Fsp3) is 0.200. The van der Waals surface area contributed by atoms with Gasteiger partial charge < -0.3 is 14.6 Å². The minimum Gasteiger partial charge on any atom is -0.486 e. The van der Waals surface area contributed by atoms with Gasteiger partial charge in [-0.3, -0.25) is 0 Å². The molecule has 0 spiro atoms. The molecule has 0 bridgehead atoms. The van der Waals surface area contributed by atoms with Gasteiger partial charge in [-0.05, 0) is 23.8 Å². The summed E-state index contributed by atoms with van der Waals surface area (Å²) >= 11 is 12.3. The van der Waals surface area contributed by atoms with E-state index >= 15 is 0 Å². The second kappa shape index (κ2) is 5.52. The van der Waals surface area contributed by atoms with E-state index in [2.05, 4.69) is 0 Å². The van der Waals surface area contributed by atoms with Crippen LogP contribution in [-0.2, 0) is 0 Å².